The summed E-state index contributed by atoms with van der Waals surface area (Å²) in [6.45, 7) is 2.03. The molecule has 0 amide bonds. The molecule has 1 aromatic carbocycles. The van der Waals surface area contributed by atoms with Gasteiger partial charge in [-0.2, -0.15) is 0 Å². The van der Waals surface area contributed by atoms with Gasteiger partial charge in [0.1, 0.15) is 17.3 Å². The zero-order chi connectivity index (χ0) is 13.1. The first kappa shape index (κ1) is 13.2. The van der Waals surface area contributed by atoms with Crippen molar-refractivity contribution in [2.75, 3.05) is 0 Å². The van der Waals surface area contributed by atoms with Crippen LogP contribution in [0, 0.1) is 5.82 Å². The molecule has 5 heteroatoms. The van der Waals surface area contributed by atoms with Gasteiger partial charge < -0.3 is 0 Å². The summed E-state index contributed by atoms with van der Waals surface area (Å²) in [7, 11) is 0. The van der Waals surface area contributed by atoms with E-state index < -0.39 is 0 Å². The van der Waals surface area contributed by atoms with Crippen LogP contribution >= 0.6 is 23.2 Å². The Morgan fingerprint density at radius 3 is 2.72 bits per heavy atom. The highest BCUT2D eigenvalue weighted by molar-refractivity contribution is 6.33. The Kier molecular flexibility index (Phi) is 4.15. The fourth-order valence-electron chi connectivity index (χ4n) is 1.77. The maximum Gasteiger partial charge on any atom is 0.136 e. The lowest BCUT2D eigenvalue weighted by Crippen LogP contribution is -1.97. The number of hydrogen-bond acceptors (Lipinski definition) is 2. The smallest absolute Gasteiger partial charge is 0.136 e. The van der Waals surface area contributed by atoms with Gasteiger partial charge in [0.25, 0.3) is 0 Å². The van der Waals surface area contributed by atoms with Crippen LogP contribution in [0.15, 0.2) is 24.5 Å². The van der Waals surface area contributed by atoms with E-state index in [1.807, 2.05) is 6.92 Å². The zero-order valence-corrected chi connectivity index (χ0v) is 11.3. The summed E-state index contributed by atoms with van der Waals surface area (Å²) >= 11 is 12.1. The molecular formula is C13H11Cl2FN2. The van der Waals surface area contributed by atoms with Gasteiger partial charge in [0.15, 0.2) is 0 Å². The molecule has 0 spiro atoms. The summed E-state index contributed by atoms with van der Waals surface area (Å²) < 4.78 is 13.3. The molecule has 0 fully saturated rings. The second kappa shape index (κ2) is 5.63. The predicted molar refractivity (Wildman–Crippen MR) is 71.4 cm³/mol. The van der Waals surface area contributed by atoms with Gasteiger partial charge in [-0.3, -0.25) is 0 Å². The molecule has 0 N–H and O–H groups in total. The Bertz CT molecular complexity index is 573. The van der Waals surface area contributed by atoms with Gasteiger partial charge in [-0.15, -0.1) is 0 Å². The summed E-state index contributed by atoms with van der Waals surface area (Å²) in [6, 6.07) is 4.19. The van der Waals surface area contributed by atoms with E-state index in [1.165, 1.54) is 24.5 Å². The molecule has 0 atom stereocenters. The average molecular weight is 285 g/mol. The Hall–Kier alpha value is -1.19. The summed E-state index contributed by atoms with van der Waals surface area (Å²) in [5.74, 6) is -0.355. The van der Waals surface area contributed by atoms with Crippen LogP contribution in [0.25, 0.3) is 11.3 Å². The molecule has 0 saturated heterocycles. The van der Waals surface area contributed by atoms with E-state index in [2.05, 4.69) is 9.97 Å². The Morgan fingerprint density at radius 1 is 1.22 bits per heavy atom. The molecule has 0 radical (unpaired) electrons. The van der Waals surface area contributed by atoms with Crippen molar-refractivity contribution in [1.29, 1.82) is 0 Å². The Morgan fingerprint density at radius 2 is 2.00 bits per heavy atom. The molecule has 94 valence electrons. The number of aromatic nitrogens is 2. The van der Waals surface area contributed by atoms with Crippen molar-refractivity contribution >= 4 is 23.2 Å². The first-order valence-corrected chi connectivity index (χ1v) is 6.34. The van der Waals surface area contributed by atoms with Gasteiger partial charge in [0.2, 0.25) is 0 Å². The number of nitrogens with zero attached hydrogens (tertiary/aromatic N) is 2. The number of hydrogen-bond donors (Lipinski definition) is 0. The van der Waals surface area contributed by atoms with Crippen LogP contribution in [0.3, 0.4) is 0 Å². The molecular weight excluding hydrogens is 274 g/mol. The fraction of sp³-hybridized carbons (Fsp3) is 0.231. The third kappa shape index (κ3) is 2.62. The minimum absolute atomic E-state index is 0.355. The maximum atomic E-state index is 13.3. The summed E-state index contributed by atoms with van der Waals surface area (Å²) in [4.78, 5) is 8.14. The highest BCUT2D eigenvalue weighted by atomic mass is 35.5. The van der Waals surface area contributed by atoms with Gasteiger partial charge in [-0.25, -0.2) is 14.4 Å². The third-order valence-electron chi connectivity index (χ3n) is 2.58. The largest absolute Gasteiger partial charge is 0.236 e. The molecule has 1 aromatic heterocycles. The molecule has 0 saturated carbocycles. The van der Waals surface area contributed by atoms with Crippen LogP contribution in [0.4, 0.5) is 4.39 Å². The zero-order valence-electron chi connectivity index (χ0n) is 9.75. The van der Waals surface area contributed by atoms with E-state index in [-0.39, 0.29) is 5.82 Å². The first-order valence-electron chi connectivity index (χ1n) is 5.58. The van der Waals surface area contributed by atoms with Crippen LogP contribution < -0.4 is 0 Å². The summed E-state index contributed by atoms with van der Waals surface area (Å²) in [5, 5.41) is 0.839. The molecule has 0 aliphatic rings. The lowest BCUT2D eigenvalue weighted by Gasteiger charge is -2.10. The van der Waals surface area contributed by atoms with Crippen LogP contribution in [0.2, 0.25) is 10.2 Å². The maximum absolute atomic E-state index is 13.3. The molecule has 2 aromatic rings. The number of halogens is 3. The van der Waals surface area contributed by atoms with E-state index >= 15 is 0 Å². The SMILES string of the molecule is CCCc1c(Cl)ncnc1-c1cc(F)ccc1Cl. The highest BCUT2D eigenvalue weighted by Crippen LogP contribution is 2.32. The molecule has 18 heavy (non-hydrogen) atoms. The predicted octanol–water partition coefficient (Wildman–Crippen LogP) is 4.54. The van der Waals surface area contributed by atoms with Gasteiger partial charge in [-0.05, 0) is 24.6 Å². The first-order chi connectivity index (χ1) is 8.63. The molecule has 0 aliphatic carbocycles. The minimum atomic E-state index is -0.355. The molecule has 2 nitrogen and oxygen atoms in total. The standard InChI is InChI=1S/C13H11Cl2FN2/c1-2-3-9-12(17-7-18-13(9)15)10-6-8(16)4-5-11(10)14/h4-7H,2-3H2,1H3. The van der Waals surface area contributed by atoms with E-state index in [1.54, 1.807) is 0 Å². The van der Waals surface area contributed by atoms with Crippen molar-refractivity contribution < 1.29 is 4.39 Å². The highest BCUT2D eigenvalue weighted by Gasteiger charge is 2.14. The molecule has 0 unspecified atom stereocenters. The van der Waals surface area contributed by atoms with E-state index in [0.717, 1.165) is 18.4 Å². The van der Waals surface area contributed by atoms with E-state index in [0.29, 0.717) is 21.4 Å². The van der Waals surface area contributed by atoms with Crippen LogP contribution in [-0.4, -0.2) is 9.97 Å². The van der Waals surface area contributed by atoms with Gasteiger partial charge in [0, 0.05) is 11.1 Å². The average Bonchev–Trinajstić information content (AvgIpc) is 2.35. The van der Waals surface area contributed by atoms with E-state index in [9.17, 15) is 4.39 Å². The van der Waals surface area contributed by atoms with Crippen LogP contribution in [0.1, 0.15) is 18.9 Å². The third-order valence-corrected chi connectivity index (χ3v) is 3.23. The summed E-state index contributed by atoms with van der Waals surface area (Å²) in [6.07, 6.45) is 2.98. The lowest BCUT2D eigenvalue weighted by atomic mass is 10.0. The van der Waals surface area contributed by atoms with E-state index in [4.69, 9.17) is 23.2 Å². The fourth-order valence-corrected chi connectivity index (χ4v) is 2.21. The molecule has 1 heterocycles. The number of benzene rings is 1. The second-order valence-corrected chi connectivity index (χ2v) is 4.63. The monoisotopic (exact) mass is 284 g/mol. The Labute approximate surface area is 115 Å². The lowest BCUT2D eigenvalue weighted by molar-refractivity contribution is 0.628. The molecule has 2 rings (SSSR count). The van der Waals surface area contributed by atoms with Crippen molar-refractivity contribution in [3.8, 4) is 11.3 Å². The van der Waals surface area contributed by atoms with Gasteiger partial charge in [-0.1, -0.05) is 36.5 Å². The minimum Gasteiger partial charge on any atom is -0.236 e. The van der Waals surface area contributed by atoms with Crippen molar-refractivity contribution in [3.63, 3.8) is 0 Å². The normalized spacial score (nSPS) is 10.7. The second-order valence-electron chi connectivity index (χ2n) is 3.87. The van der Waals surface area contributed by atoms with Crippen LogP contribution in [0.5, 0.6) is 0 Å². The van der Waals surface area contributed by atoms with Gasteiger partial charge in [0.05, 0.1) is 10.7 Å². The van der Waals surface area contributed by atoms with Crippen molar-refractivity contribution in [2.24, 2.45) is 0 Å². The quantitative estimate of drug-likeness (QED) is 0.773. The Balaban J connectivity index is 2.63. The molecule has 0 bridgehead atoms. The topological polar surface area (TPSA) is 25.8 Å². The number of rotatable bonds is 3. The van der Waals surface area contributed by atoms with Crippen LogP contribution in [-0.2, 0) is 6.42 Å². The van der Waals surface area contributed by atoms with Gasteiger partial charge >= 0.3 is 0 Å². The summed E-state index contributed by atoms with van der Waals surface area (Å²) in [5.41, 5.74) is 1.94. The van der Waals surface area contributed by atoms with Crippen molar-refractivity contribution in [2.45, 2.75) is 19.8 Å². The molecule has 0 aliphatic heterocycles. The van der Waals surface area contributed by atoms with Crippen molar-refractivity contribution in [1.82, 2.24) is 9.97 Å². The van der Waals surface area contributed by atoms with Crippen molar-refractivity contribution in [3.05, 3.63) is 46.1 Å².